The average Bonchev–Trinajstić information content (AvgIpc) is 2.68. The fourth-order valence-corrected chi connectivity index (χ4v) is 1.51. The van der Waals surface area contributed by atoms with Crippen molar-refractivity contribution in [3.05, 3.63) is 40.3 Å². The highest BCUT2D eigenvalue weighted by Gasteiger charge is 2.15. The second kappa shape index (κ2) is 4.44. The van der Waals surface area contributed by atoms with Gasteiger partial charge in [0.1, 0.15) is 5.82 Å². The molecule has 1 N–H and O–H groups in total. The van der Waals surface area contributed by atoms with E-state index < -0.39 is 0 Å². The minimum absolute atomic E-state index is 0.192. The van der Waals surface area contributed by atoms with E-state index >= 15 is 0 Å². The molecule has 0 bridgehead atoms. The molecular weight excluding hydrogens is 274 g/mol. The number of halogens is 1. The van der Waals surface area contributed by atoms with Gasteiger partial charge >= 0.3 is 0 Å². The topological polar surface area (TPSA) is 68.0 Å². The van der Waals surface area contributed by atoms with E-state index in [-0.39, 0.29) is 11.7 Å². The molecule has 16 heavy (non-hydrogen) atoms. The first-order valence-electron chi connectivity index (χ1n) is 4.51. The first-order chi connectivity index (χ1) is 7.68. The Morgan fingerprint density at radius 3 is 3.00 bits per heavy atom. The van der Waals surface area contributed by atoms with Crippen LogP contribution in [0.15, 0.2) is 33.5 Å². The molecule has 0 aliphatic rings. The van der Waals surface area contributed by atoms with E-state index in [9.17, 15) is 4.79 Å². The Morgan fingerprint density at radius 2 is 2.38 bits per heavy atom. The molecule has 0 aliphatic heterocycles. The van der Waals surface area contributed by atoms with Crippen molar-refractivity contribution in [1.29, 1.82) is 0 Å². The molecular formula is C10H8BrN3O2. The van der Waals surface area contributed by atoms with E-state index in [4.69, 9.17) is 4.52 Å². The van der Waals surface area contributed by atoms with Crippen molar-refractivity contribution in [2.24, 2.45) is 0 Å². The molecule has 0 fully saturated rings. The third-order valence-electron chi connectivity index (χ3n) is 1.95. The van der Waals surface area contributed by atoms with Gasteiger partial charge in [0.25, 0.3) is 5.91 Å². The number of amides is 1. The summed E-state index contributed by atoms with van der Waals surface area (Å²) in [6.45, 7) is 1.75. The summed E-state index contributed by atoms with van der Waals surface area (Å²) < 4.78 is 5.54. The maximum Gasteiger partial charge on any atom is 0.295 e. The minimum Gasteiger partial charge on any atom is -0.351 e. The maximum absolute atomic E-state index is 11.7. The molecule has 2 aromatic heterocycles. The molecule has 6 heteroatoms. The minimum atomic E-state index is -0.366. The molecule has 0 unspecified atom stereocenters. The van der Waals surface area contributed by atoms with Crippen LogP contribution in [0.3, 0.4) is 0 Å². The Balaban J connectivity index is 2.21. The number of carbonyl (C=O) groups is 1. The Kier molecular flexibility index (Phi) is 3.00. The van der Waals surface area contributed by atoms with Gasteiger partial charge in [0.2, 0.25) is 5.76 Å². The van der Waals surface area contributed by atoms with E-state index in [1.165, 1.54) is 6.20 Å². The molecule has 2 aromatic rings. The predicted molar refractivity (Wildman–Crippen MR) is 61.1 cm³/mol. The molecule has 1 amide bonds. The average molecular weight is 282 g/mol. The van der Waals surface area contributed by atoms with Crippen molar-refractivity contribution < 1.29 is 9.32 Å². The van der Waals surface area contributed by atoms with E-state index in [1.807, 2.05) is 0 Å². The largest absolute Gasteiger partial charge is 0.351 e. The summed E-state index contributed by atoms with van der Waals surface area (Å²) in [6.07, 6.45) is 3.08. The van der Waals surface area contributed by atoms with Crippen molar-refractivity contribution in [2.75, 3.05) is 5.32 Å². The molecule has 0 aromatic carbocycles. The van der Waals surface area contributed by atoms with Crippen LogP contribution in [0.4, 0.5) is 5.82 Å². The van der Waals surface area contributed by atoms with Crippen molar-refractivity contribution in [1.82, 2.24) is 10.1 Å². The second-order valence-corrected chi connectivity index (χ2v) is 3.98. The summed E-state index contributed by atoms with van der Waals surface area (Å²) in [5.74, 6) is 0.273. The number of anilines is 1. The summed E-state index contributed by atoms with van der Waals surface area (Å²) in [7, 11) is 0. The lowest BCUT2D eigenvalue weighted by molar-refractivity contribution is 0.0986. The summed E-state index contributed by atoms with van der Waals surface area (Å²) in [6, 6.07) is 3.55. The molecule has 0 saturated heterocycles. The van der Waals surface area contributed by atoms with Gasteiger partial charge in [-0.1, -0.05) is 5.16 Å². The summed E-state index contributed by atoms with van der Waals surface area (Å²) in [5.41, 5.74) is 0.685. The van der Waals surface area contributed by atoms with Crippen LogP contribution in [0.25, 0.3) is 0 Å². The summed E-state index contributed by atoms with van der Waals surface area (Å²) in [5, 5.41) is 6.16. The van der Waals surface area contributed by atoms with Crippen molar-refractivity contribution in [2.45, 2.75) is 6.92 Å². The van der Waals surface area contributed by atoms with Crippen molar-refractivity contribution in [3.8, 4) is 0 Å². The number of nitrogens with one attached hydrogen (secondary N) is 1. The highest BCUT2D eigenvalue weighted by Crippen LogP contribution is 2.19. The maximum atomic E-state index is 11.7. The number of carbonyl (C=O) groups excluding carboxylic acids is 1. The highest BCUT2D eigenvalue weighted by molar-refractivity contribution is 9.10. The Hall–Kier alpha value is -1.69. The van der Waals surface area contributed by atoms with Crippen molar-refractivity contribution >= 4 is 27.7 Å². The highest BCUT2D eigenvalue weighted by atomic mass is 79.9. The molecule has 0 radical (unpaired) electrons. The number of hydrogen-bond donors (Lipinski definition) is 1. The van der Waals surface area contributed by atoms with Gasteiger partial charge in [0, 0.05) is 11.8 Å². The van der Waals surface area contributed by atoms with Gasteiger partial charge < -0.3 is 9.84 Å². The number of rotatable bonds is 2. The third kappa shape index (κ3) is 2.11. The monoisotopic (exact) mass is 281 g/mol. The molecule has 5 nitrogen and oxygen atoms in total. The van der Waals surface area contributed by atoms with Crippen molar-refractivity contribution in [3.63, 3.8) is 0 Å². The first kappa shape index (κ1) is 10.8. The zero-order valence-electron chi connectivity index (χ0n) is 8.40. The summed E-state index contributed by atoms with van der Waals surface area (Å²) in [4.78, 5) is 15.8. The fourth-order valence-electron chi connectivity index (χ4n) is 1.15. The molecule has 0 spiro atoms. The Bertz CT molecular complexity index is 524. The predicted octanol–water partition coefficient (Wildman–Crippen LogP) is 2.39. The Labute approximate surface area is 100.0 Å². The number of hydrogen-bond acceptors (Lipinski definition) is 4. The van der Waals surface area contributed by atoms with Crippen LogP contribution in [0.5, 0.6) is 0 Å². The standard InChI is InChI=1S/C10H8BrN3O2/c1-6-5-13-16-8(6)10(15)14-9-7(11)3-2-4-12-9/h2-5H,1H3,(H,12,14,15). The lowest BCUT2D eigenvalue weighted by Gasteiger charge is -2.03. The van der Waals surface area contributed by atoms with Crippen LogP contribution >= 0.6 is 15.9 Å². The lowest BCUT2D eigenvalue weighted by Crippen LogP contribution is -2.13. The lowest BCUT2D eigenvalue weighted by atomic mass is 10.3. The number of nitrogens with zero attached hydrogens (tertiary/aromatic N) is 2. The van der Waals surface area contributed by atoms with E-state index in [0.717, 1.165) is 0 Å². The fraction of sp³-hybridized carbons (Fsp3) is 0.100. The van der Waals surface area contributed by atoms with Crippen LogP contribution in [0.1, 0.15) is 16.1 Å². The zero-order valence-corrected chi connectivity index (χ0v) is 9.98. The van der Waals surface area contributed by atoms with Crippen LogP contribution in [0, 0.1) is 6.92 Å². The van der Waals surface area contributed by atoms with Crippen LogP contribution < -0.4 is 5.32 Å². The SMILES string of the molecule is Cc1cnoc1C(=O)Nc1ncccc1Br. The van der Waals surface area contributed by atoms with Gasteiger partial charge in [-0.05, 0) is 35.0 Å². The van der Waals surface area contributed by atoms with Gasteiger partial charge in [0.15, 0.2) is 0 Å². The molecule has 0 saturated carbocycles. The van der Waals surface area contributed by atoms with Gasteiger partial charge in [-0.3, -0.25) is 4.79 Å². The number of aromatic nitrogens is 2. The molecule has 2 heterocycles. The van der Waals surface area contributed by atoms with Gasteiger partial charge in [-0.25, -0.2) is 4.98 Å². The third-order valence-corrected chi connectivity index (χ3v) is 2.59. The van der Waals surface area contributed by atoms with Crippen LogP contribution in [-0.2, 0) is 0 Å². The smallest absolute Gasteiger partial charge is 0.295 e. The normalized spacial score (nSPS) is 10.1. The van der Waals surface area contributed by atoms with E-state index in [2.05, 4.69) is 31.4 Å². The van der Waals surface area contributed by atoms with Crippen LogP contribution in [0.2, 0.25) is 0 Å². The Morgan fingerprint density at radius 1 is 1.56 bits per heavy atom. The second-order valence-electron chi connectivity index (χ2n) is 3.13. The molecule has 82 valence electrons. The van der Waals surface area contributed by atoms with E-state index in [0.29, 0.717) is 15.9 Å². The molecule has 0 aliphatic carbocycles. The zero-order chi connectivity index (χ0) is 11.5. The van der Waals surface area contributed by atoms with E-state index in [1.54, 1.807) is 25.3 Å². The first-order valence-corrected chi connectivity index (χ1v) is 5.31. The van der Waals surface area contributed by atoms with Gasteiger partial charge in [-0.2, -0.15) is 0 Å². The molecule has 0 atom stereocenters. The number of aryl methyl sites for hydroxylation is 1. The van der Waals surface area contributed by atoms with Crippen LogP contribution in [-0.4, -0.2) is 16.0 Å². The molecule has 2 rings (SSSR count). The number of pyridine rings is 1. The van der Waals surface area contributed by atoms with Gasteiger partial charge in [-0.15, -0.1) is 0 Å². The quantitative estimate of drug-likeness (QED) is 0.918. The summed E-state index contributed by atoms with van der Waals surface area (Å²) >= 11 is 3.28. The van der Waals surface area contributed by atoms with Gasteiger partial charge in [0.05, 0.1) is 10.7 Å².